The van der Waals surface area contributed by atoms with Crippen molar-refractivity contribution in [3.05, 3.63) is 58.4 Å². The first kappa shape index (κ1) is 15.5. The molecule has 0 fully saturated rings. The van der Waals surface area contributed by atoms with Crippen LogP contribution in [0.2, 0.25) is 5.02 Å². The van der Waals surface area contributed by atoms with Gasteiger partial charge < -0.3 is 5.32 Å². The van der Waals surface area contributed by atoms with Crippen LogP contribution in [-0.2, 0) is 17.8 Å². The second-order valence-electron chi connectivity index (χ2n) is 5.17. The molecule has 0 aliphatic rings. The van der Waals surface area contributed by atoms with Gasteiger partial charge in [-0.25, -0.2) is 0 Å². The zero-order valence-electron chi connectivity index (χ0n) is 12.6. The van der Waals surface area contributed by atoms with Crippen LogP contribution in [0.1, 0.15) is 23.7 Å². The van der Waals surface area contributed by atoms with Crippen LogP contribution in [0.3, 0.4) is 0 Å². The third kappa shape index (κ3) is 4.05. The van der Waals surface area contributed by atoms with Gasteiger partial charge in [0.05, 0.1) is 0 Å². The van der Waals surface area contributed by atoms with Crippen molar-refractivity contribution in [1.29, 1.82) is 0 Å². The Balaban J connectivity index is 2.09. The zero-order valence-corrected chi connectivity index (χ0v) is 13.4. The maximum atomic E-state index is 12.2. The van der Waals surface area contributed by atoms with E-state index >= 15 is 0 Å². The number of nitrogens with zero attached hydrogens (tertiary/aromatic N) is 1. The highest BCUT2D eigenvalue weighted by molar-refractivity contribution is 6.31. The topological polar surface area (TPSA) is 33.0 Å². The summed E-state index contributed by atoms with van der Waals surface area (Å²) >= 11 is 6.07. The van der Waals surface area contributed by atoms with E-state index in [0.717, 1.165) is 23.4 Å². The van der Waals surface area contributed by atoms with Crippen molar-refractivity contribution in [2.75, 3.05) is 5.32 Å². The van der Waals surface area contributed by atoms with Gasteiger partial charge in [0.2, 0.25) is 6.54 Å². The number of carbonyl (C=O) groups excluding carboxylic acids is 1. The molecule has 2 rings (SSSR count). The summed E-state index contributed by atoms with van der Waals surface area (Å²) in [6.45, 7) is 6.33. The van der Waals surface area contributed by atoms with Crippen LogP contribution in [-0.4, -0.2) is 5.91 Å². The molecule has 4 heteroatoms. The molecule has 0 aliphatic carbocycles. The molecule has 0 atom stereocenters. The minimum Gasteiger partial charge on any atom is -0.321 e. The van der Waals surface area contributed by atoms with Crippen LogP contribution < -0.4 is 9.88 Å². The second kappa shape index (κ2) is 6.72. The fraction of sp³-hybridized carbons (Fsp3) is 0.294. The van der Waals surface area contributed by atoms with E-state index in [2.05, 4.69) is 18.3 Å². The molecule has 0 radical (unpaired) electrons. The van der Waals surface area contributed by atoms with E-state index in [9.17, 15) is 4.79 Å². The Morgan fingerprint density at radius 2 is 2.00 bits per heavy atom. The zero-order chi connectivity index (χ0) is 15.4. The number of rotatable bonds is 4. The first-order chi connectivity index (χ1) is 9.99. The third-order valence-electron chi connectivity index (χ3n) is 3.49. The molecular formula is C17H20ClN2O+. The highest BCUT2D eigenvalue weighted by Crippen LogP contribution is 2.19. The fourth-order valence-electron chi connectivity index (χ4n) is 2.07. The summed E-state index contributed by atoms with van der Waals surface area (Å²) < 4.78 is 1.96. The van der Waals surface area contributed by atoms with Crippen LogP contribution >= 0.6 is 11.6 Å². The molecule has 0 bridgehead atoms. The van der Waals surface area contributed by atoms with E-state index in [0.29, 0.717) is 11.6 Å². The molecule has 1 heterocycles. The minimum absolute atomic E-state index is 0.0590. The number of aromatic nitrogens is 1. The predicted molar refractivity (Wildman–Crippen MR) is 85.6 cm³/mol. The number of halogens is 1. The quantitative estimate of drug-likeness (QED) is 0.862. The summed E-state index contributed by atoms with van der Waals surface area (Å²) in [5, 5.41) is 3.54. The Kier molecular flexibility index (Phi) is 4.97. The second-order valence-corrected chi connectivity index (χ2v) is 5.58. The lowest BCUT2D eigenvalue weighted by Gasteiger charge is -2.06. The van der Waals surface area contributed by atoms with Gasteiger partial charge >= 0.3 is 0 Å². The predicted octanol–water partition coefficient (Wildman–Crippen LogP) is 3.45. The Bertz CT molecular complexity index is 668. The first-order valence-electron chi connectivity index (χ1n) is 7.04. The lowest BCUT2D eigenvalue weighted by atomic mass is 10.2. The van der Waals surface area contributed by atoms with Crippen molar-refractivity contribution in [3.8, 4) is 0 Å². The van der Waals surface area contributed by atoms with Crippen molar-refractivity contribution in [2.24, 2.45) is 0 Å². The van der Waals surface area contributed by atoms with Crippen LogP contribution in [0, 0.1) is 13.8 Å². The van der Waals surface area contributed by atoms with Gasteiger partial charge in [0, 0.05) is 29.3 Å². The average Bonchev–Trinajstić information content (AvgIpc) is 2.45. The Morgan fingerprint density at radius 3 is 2.67 bits per heavy atom. The first-order valence-corrected chi connectivity index (χ1v) is 7.42. The molecule has 1 aromatic heterocycles. The maximum Gasteiger partial charge on any atom is 0.290 e. The SMILES string of the molecule is CCc1ccc(C)[n+](CC(=O)Nc2ccc(C)c(Cl)c2)c1. The lowest BCUT2D eigenvalue weighted by Crippen LogP contribution is -2.43. The third-order valence-corrected chi connectivity index (χ3v) is 3.90. The van der Waals surface area contributed by atoms with E-state index in [1.807, 2.05) is 42.8 Å². The molecule has 0 saturated carbocycles. The number of carbonyl (C=O) groups is 1. The van der Waals surface area contributed by atoms with E-state index in [-0.39, 0.29) is 5.91 Å². The van der Waals surface area contributed by atoms with Gasteiger partial charge in [0.1, 0.15) is 0 Å². The van der Waals surface area contributed by atoms with E-state index < -0.39 is 0 Å². The van der Waals surface area contributed by atoms with Gasteiger partial charge in [-0.2, -0.15) is 4.57 Å². The Hall–Kier alpha value is -1.87. The van der Waals surface area contributed by atoms with E-state index in [1.54, 1.807) is 6.07 Å². The molecule has 1 N–H and O–H groups in total. The summed E-state index contributed by atoms with van der Waals surface area (Å²) in [7, 11) is 0. The molecule has 1 aromatic carbocycles. The summed E-state index contributed by atoms with van der Waals surface area (Å²) in [6, 6.07) is 9.65. The average molecular weight is 304 g/mol. The largest absolute Gasteiger partial charge is 0.321 e. The number of hydrogen-bond donors (Lipinski definition) is 1. The van der Waals surface area contributed by atoms with Gasteiger partial charge in [-0.3, -0.25) is 4.79 Å². The minimum atomic E-state index is -0.0590. The number of anilines is 1. The van der Waals surface area contributed by atoms with Gasteiger partial charge in [0.15, 0.2) is 11.9 Å². The molecule has 3 nitrogen and oxygen atoms in total. The Labute approximate surface area is 130 Å². The fourth-order valence-corrected chi connectivity index (χ4v) is 2.25. The van der Waals surface area contributed by atoms with Crippen LogP contribution in [0.4, 0.5) is 5.69 Å². The van der Waals surface area contributed by atoms with Crippen molar-refractivity contribution in [3.63, 3.8) is 0 Å². The molecule has 0 aliphatic heterocycles. The van der Waals surface area contributed by atoms with Crippen LogP contribution in [0.25, 0.3) is 0 Å². The van der Waals surface area contributed by atoms with E-state index in [1.165, 1.54) is 5.56 Å². The summed E-state index contributed by atoms with van der Waals surface area (Å²) in [5.74, 6) is -0.0590. The van der Waals surface area contributed by atoms with Gasteiger partial charge in [-0.05, 0) is 37.1 Å². The summed E-state index contributed by atoms with van der Waals surface area (Å²) in [6.07, 6.45) is 2.98. The van der Waals surface area contributed by atoms with Crippen molar-refractivity contribution in [2.45, 2.75) is 33.7 Å². The number of aryl methyl sites for hydroxylation is 3. The monoisotopic (exact) mass is 303 g/mol. The van der Waals surface area contributed by atoms with Crippen molar-refractivity contribution < 1.29 is 9.36 Å². The molecule has 21 heavy (non-hydrogen) atoms. The van der Waals surface area contributed by atoms with Crippen molar-refractivity contribution >= 4 is 23.2 Å². The van der Waals surface area contributed by atoms with Gasteiger partial charge in [-0.1, -0.05) is 24.6 Å². The smallest absolute Gasteiger partial charge is 0.290 e. The van der Waals surface area contributed by atoms with Gasteiger partial charge in [0.25, 0.3) is 5.91 Å². The molecule has 1 amide bonds. The molecule has 0 spiro atoms. The molecular weight excluding hydrogens is 284 g/mol. The lowest BCUT2D eigenvalue weighted by molar-refractivity contribution is -0.690. The number of nitrogens with one attached hydrogen (secondary N) is 1. The highest BCUT2D eigenvalue weighted by Gasteiger charge is 2.13. The van der Waals surface area contributed by atoms with Crippen LogP contribution in [0.15, 0.2) is 36.5 Å². The number of benzene rings is 1. The van der Waals surface area contributed by atoms with Crippen molar-refractivity contribution in [1.82, 2.24) is 0 Å². The Morgan fingerprint density at radius 1 is 1.24 bits per heavy atom. The maximum absolute atomic E-state index is 12.2. The molecule has 110 valence electrons. The van der Waals surface area contributed by atoms with Gasteiger partial charge in [-0.15, -0.1) is 0 Å². The molecule has 2 aromatic rings. The van der Waals surface area contributed by atoms with E-state index in [4.69, 9.17) is 11.6 Å². The normalized spacial score (nSPS) is 10.5. The highest BCUT2D eigenvalue weighted by atomic mass is 35.5. The molecule has 0 saturated heterocycles. The number of hydrogen-bond acceptors (Lipinski definition) is 1. The summed E-state index contributed by atoms with van der Waals surface area (Å²) in [5.41, 5.74) is 3.99. The number of amides is 1. The standard InChI is InChI=1S/C17H19ClN2O/c1-4-14-7-6-13(3)20(10-14)11-17(21)19-15-8-5-12(2)16(18)9-15/h5-10H,4,11H2,1-3H3/p+1. The molecule has 0 unspecified atom stereocenters. The van der Waals surface area contributed by atoms with Crippen LogP contribution in [0.5, 0.6) is 0 Å². The number of pyridine rings is 1. The summed E-state index contributed by atoms with van der Waals surface area (Å²) in [4.78, 5) is 12.2.